The van der Waals surface area contributed by atoms with Gasteiger partial charge in [0.1, 0.15) is 0 Å². The molecule has 0 unspecified atom stereocenters. The van der Waals surface area contributed by atoms with E-state index >= 15 is 0 Å². The highest BCUT2D eigenvalue weighted by molar-refractivity contribution is 8.00. The molecular weight excluding hydrogens is 388 g/mol. The van der Waals surface area contributed by atoms with Crippen LogP contribution >= 0.6 is 11.8 Å². The molecule has 0 saturated carbocycles. The van der Waals surface area contributed by atoms with Gasteiger partial charge in [-0.2, -0.15) is 0 Å². The maximum absolute atomic E-state index is 13.1. The van der Waals surface area contributed by atoms with Gasteiger partial charge in [0.25, 0.3) is 5.91 Å². The van der Waals surface area contributed by atoms with Crippen LogP contribution in [-0.4, -0.2) is 41.5 Å². The van der Waals surface area contributed by atoms with Crippen molar-refractivity contribution < 1.29 is 19.1 Å². The molecule has 1 saturated heterocycles. The molecule has 0 aliphatic carbocycles. The fourth-order valence-corrected chi connectivity index (χ4v) is 4.34. The third-order valence-corrected chi connectivity index (χ3v) is 6.14. The predicted octanol–water partition coefficient (Wildman–Crippen LogP) is 3.64. The van der Waals surface area contributed by atoms with Crippen molar-refractivity contribution in [1.29, 1.82) is 0 Å². The first-order valence-electron chi connectivity index (χ1n) is 9.73. The van der Waals surface area contributed by atoms with Crippen molar-refractivity contribution in [1.82, 2.24) is 4.90 Å². The second-order valence-electron chi connectivity index (χ2n) is 7.13. The van der Waals surface area contributed by atoms with Gasteiger partial charge in [-0.3, -0.25) is 9.59 Å². The van der Waals surface area contributed by atoms with E-state index in [1.807, 2.05) is 18.2 Å². The zero-order valence-corrected chi connectivity index (χ0v) is 16.7. The Kier molecular flexibility index (Phi) is 5.85. The number of ether oxygens (including phenoxy) is 1. The van der Waals surface area contributed by atoms with Crippen molar-refractivity contribution in [2.45, 2.75) is 30.3 Å². The van der Waals surface area contributed by atoms with E-state index in [0.29, 0.717) is 35.7 Å². The van der Waals surface area contributed by atoms with Crippen LogP contribution in [0.3, 0.4) is 0 Å². The summed E-state index contributed by atoms with van der Waals surface area (Å²) in [6, 6.07) is 14.2. The summed E-state index contributed by atoms with van der Waals surface area (Å²) in [5.74, 6) is -0.518. The lowest BCUT2D eigenvalue weighted by Crippen LogP contribution is -2.40. The number of carbonyl (C=O) groups excluding carboxylic acids is 3. The Morgan fingerprint density at radius 1 is 1.03 bits per heavy atom. The van der Waals surface area contributed by atoms with Crippen LogP contribution < -0.4 is 5.32 Å². The SMILES string of the molecule is O=C1CSc2ccc(C(=O)O[C@H](C(=O)N3CCCCC3)c3ccccc3)cc2N1. The van der Waals surface area contributed by atoms with E-state index < -0.39 is 12.1 Å². The van der Waals surface area contributed by atoms with E-state index in [1.54, 1.807) is 35.2 Å². The third kappa shape index (κ3) is 4.45. The number of benzene rings is 2. The molecule has 0 bridgehead atoms. The van der Waals surface area contributed by atoms with Crippen molar-refractivity contribution in [2.75, 3.05) is 24.2 Å². The number of anilines is 1. The molecule has 2 aromatic rings. The van der Waals surface area contributed by atoms with E-state index in [0.717, 1.165) is 24.2 Å². The number of carbonyl (C=O) groups is 3. The van der Waals surface area contributed by atoms with E-state index in [-0.39, 0.29) is 11.8 Å². The fraction of sp³-hybridized carbons (Fsp3) is 0.318. The second kappa shape index (κ2) is 8.69. The lowest BCUT2D eigenvalue weighted by molar-refractivity contribution is -0.142. The van der Waals surface area contributed by atoms with E-state index in [1.165, 1.54) is 11.8 Å². The summed E-state index contributed by atoms with van der Waals surface area (Å²) in [4.78, 5) is 40.3. The monoisotopic (exact) mass is 410 g/mol. The van der Waals surface area contributed by atoms with Crippen LogP contribution in [0.25, 0.3) is 0 Å². The highest BCUT2D eigenvalue weighted by Crippen LogP contribution is 2.33. The number of fused-ring (bicyclic) bond motifs is 1. The molecule has 0 spiro atoms. The Morgan fingerprint density at radius 3 is 2.55 bits per heavy atom. The summed E-state index contributed by atoms with van der Waals surface area (Å²) in [5, 5.41) is 2.77. The largest absolute Gasteiger partial charge is 0.444 e. The number of amides is 2. The van der Waals surface area contributed by atoms with Crippen LogP contribution in [0.5, 0.6) is 0 Å². The highest BCUT2D eigenvalue weighted by atomic mass is 32.2. The van der Waals surface area contributed by atoms with E-state index in [4.69, 9.17) is 4.74 Å². The first kappa shape index (κ1) is 19.5. The number of rotatable bonds is 4. The van der Waals surface area contributed by atoms with Crippen LogP contribution in [0.4, 0.5) is 5.69 Å². The molecule has 4 rings (SSSR count). The fourth-order valence-electron chi connectivity index (χ4n) is 3.55. The molecule has 0 aromatic heterocycles. The zero-order chi connectivity index (χ0) is 20.2. The molecule has 7 heteroatoms. The molecule has 150 valence electrons. The molecule has 2 aliphatic rings. The van der Waals surface area contributed by atoms with Gasteiger partial charge in [0.2, 0.25) is 12.0 Å². The van der Waals surface area contributed by atoms with Crippen LogP contribution in [-0.2, 0) is 14.3 Å². The van der Waals surface area contributed by atoms with E-state index in [2.05, 4.69) is 5.32 Å². The third-order valence-electron chi connectivity index (χ3n) is 5.07. The molecule has 0 radical (unpaired) electrons. The predicted molar refractivity (Wildman–Crippen MR) is 111 cm³/mol. The summed E-state index contributed by atoms with van der Waals surface area (Å²) in [6.07, 6.45) is 2.05. The molecule has 2 aromatic carbocycles. The van der Waals surface area contributed by atoms with Gasteiger partial charge in [0.15, 0.2) is 0 Å². The summed E-state index contributed by atoms with van der Waals surface area (Å²) >= 11 is 1.43. The Morgan fingerprint density at radius 2 is 1.79 bits per heavy atom. The standard InChI is InChI=1S/C22H22N2O4S/c25-19-14-29-18-10-9-16(13-17(18)23-19)22(27)28-20(15-7-3-1-4-8-15)21(26)24-11-5-2-6-12-24/h1,3-4,7-10,13,20H,2,5-6,11-12,14H2,(H,23,25)/t20-/m0/s1. The number of thioether (sulfide) groups is 1. The number of esters is 1. The summed E-state index contributed by atoms with van der Waals surface area (Å²) in [5.41, 5.74) is 1.55. The van der Waals surface area contributed by atoms with Crippen LogP contribution in [0.1, 0.15) is 41.3 Å². The minimum Gasteiger partial charge on any atom is -0.444 e. The maximum Gasteiger partial charge on any atom is 0.339 e. The summed E-state index contributed by atoms with van der Waals surface area (Å²) < 4.78 is 5.71. The lowest BCUT2D eigenvalue weighted by Gasteiger charge is -2.30. The molecule has 1 fully saturated rings. The maximum atomic E-state index is 13.1. The Labute approximate surface area is 173 Å². The Balaban J connectivity index is 1.57. The van der Waals surface area contributed by atoms with Gasteiger partial charge in [-0.15, -0.1) is 11.8 Å². The van der Waals surface area contributed by atoms with Crippen molar-refractivity contribution in [3.8, 4) is 0 Å². The molecular formula is C22H22N2O4S. The molecule has 1 N–H and O–H groups in total. The van der Waals surface area contributed by atoms with Gasteiger partial charge in [0, 0.05) is 23.5 Å². The summed E-state index contributed by atoms with van der Waals surface area (Å²) in [6.45, 7) is 1.36. The first-order chi connectivity index (χ1) is 14.1. The zero-order valence-electron chi connectivity index (χ0n) is 15.9. The number of hydrogen-bond acceptors (Lipinski definition) is 5. The van der Waals surface area contributed by atoms with Crippen molar-refractivity contribution in [2.24, 2.45) is 0 Å². The van der Waals surface area contributed by atoms with Gasteiger partial charge in [-0.05, 0) is 37.5 Å². The molecule has 2 aliphatic heterocycles. The van der Waals surface area contributed by atoms with Gasteiger partial charge >= 0.3 is 5.97 Å². The smallest absolute Gasteiger partial charge is 0.339 e. The number of nitrogens with zero attached hydrogens (tertiary/aromatic N) is 1. The topological polar surface area (TPSA) is 75.7 Å². The number of hydrogen-bond donors (Lipinski definition) is 1. The first-order valence-corrected chi connectivity index (χ1v) is 10.7. The Bertz CT molecular complexity index is 926. The number of piperidine rings is 1. The van der Waals surface area contributed by atoms with E-state index in [9.17, 15) is 14.4 Å². The normalized spacial score (nSPS) is 17.1. The van der Waals surface area contributed by atoms with Crippen LogP contribution in [0.2, 0.25) is 0 Å². The number of nitrogens with one attached hydrogen (secondary N) is 1. The lowest BCUT2D eigenvalue weighted by atomic mass is 10.1. The molecule has 2 amide bonds. The van der Waals surface area contributed by atoms with Crippen molar-refractivity contribution in [3.63, 3.8) is 0 Å². The average molecular weight is 410 g/mol. The Hall–Kier alpha value is -2.80. The number of likely N-dealkylation sites (tertiary alicyclic amines) is 1. The second-order valence-corrected chi connectivity index (χ2v) is 8.15. The minimum absolute atomic E-state index is 0.101. The van der Waals surface area contributed by atoms with Gasteiger partial charge in [-0.1, -0.05) is 30.3 Å². The molecule has 2 heterocycles. The van der Waals surface area contributed by atoms with Gasteiger partial charge in [0.05, 0.1) is 17.0 Å². The van der Waals surface area contributed by atoms with Crippen molar-refractivity contribution in [3.05, 3.63) is 59.7 Å². The molecule has 1 atom stereocenters. The van der Waals surface area contributed by atoms with Crippen LogP contribution in [0.15, 0.2) is 53.4 Å². The minimum atomic E-state index is -0.984. The average Bonchev–Trinajstić information content (AvgIpc) is 2.77. The van der Waals surface area contributed by atoms with Gasteiger partial charge < -0.3 is 15.0 Å². The molecule has 6 nitrogen and oxygen atoms in total. The highest BCUT2D eigenvalue weighted by Gasteiger charge is 2.31. The summed E-state index contributed by atoms with van der Waals surface area (Å²) in [7, 11) is 0. The van der Waals surface area contributed by atoms with Gasteiger partial charge in [-0.25, -0.2) is 4.79 Å². The van der Waals surface area contributed by atoms with Crippen molar-refractivity contribution >= 4 is 35.2 Å². The van der Waals surface area contributed by atoms with Crippen LogP contribution in [0, 0.1) is 0 Å². The quantitative estimate of drug-likeness (QED) is 0.779. The molecule has 29 heavy (non-hydrogen) atoms.